The summed E-state index contributed by atoms with van der Waals surface area (Å²) in [5.74, 6) is -2.40. The molecule has 0 radical (unpaired) electrons. The van der Waals surface area contributed by atoms with Gasteiger partial charge in [0.25, 0.3) is 0 Å². The van der Waals surface area contributed by atoms with Gasteiger partial charge in [-0.3, -0.25) is 0 Å². The van der Waals surface area contributed by atoms with Gasteiger partial charge in [-0.25, -0.2) is 9.59 Å². The van der Waals surface area contributed by atoms with E-state index < -0.39 is 18.0 Å². The maximum atomic E-state index is 11.1. The van der Waals surface area contributed by atoms with Crippen LogP contribution in [-0.2, 0) is 14.4 Å². The van der Waals surface area contributed by atoms with Crippen LogP contribution in [0.15, 0.2) is 41.8 Å². The van der Waals surface area contributed by atoms with Crippen LogP contribution in [0.1, 0.15) is 24.8 Å². The Morgan fingerprint density at radius 2 is 1.90 bits per heavy atom. The number of aliphatic carboxylic acids is 2. The van der Waals surface area contributed by atoms with Gasteiger partial charge in [-0.1, -0.05) is 11.6 Å². The van der Waals surface area contributed by atoms with Gasteiger partial charge in [0.05, 0.1) is 5.56 Å². The second-order valence-corrected chi connectivity index (χ2v) is 6.25. The molecule has 1 aromatic heterocycles. The Morgan fingerprint density at radius 1 is 1.28 bits per heavy atom. The molecule has 1 fully saturated rings. The summed E-state index contributed by atoms with van der Waals surface area (Å²) in [4.78, 5) is 26.4. The van der Waals surface area contributed by atoms with Crippen molar-refractivity contribution in [3.8, 4) is 0 Å². The summed E-state index contributed by atoms with van der Waals surface area (Å²) in [5, 5.41) is 40.4. The Kier molecular flexibility index (Phi) is 10.8. The first-order valence-electron chi connectivity index (χ1n) is 8.97. The number of carbonyl (C=O) groups is 2. The number of aliphatic hydroxyl groups excluding tert-OH is 1. The molecule has 5 N–H and O–H groups in total. The number of rotatable bonds is 8. The molecule has 2 heterocycles. The zero-order valence-electron chi connectivity index (χ0n) is 15.9. The van der Waals surface area contributed by atoms with Crippen molar-refractivity contribution in [1.82, 2.24) is 4.90 Å². The number of nitrogens with zero attached hydrogens (tertiary/aromatic N) is 3. The summed E-state index contributed by atoms with van der Waals surface area (Å²) in [7, 11) is 0. The molecule has 2 rings (SSSR count). The van der Waals surface area contributed by atoms with Crippen molar-refractivity contribution in [3.05, 3.63) is 47.4 Å². The SMILES string of the molecule is NC(=NOC[C@@H](O)CN1CCCCC1)c1ccc[n+]([O-])c1.O=C(O)/C=C\C(=O)O. The zero-order chi connectivity index (χ0) is 21.6. The van der Waals surface area contributed by atoms with Gasteiger partial charge in [0.1, 0.15) is 12.7 Å². The maximum absolute atomic E-state index is 11.1. The van der Waals surface area contributed by atoms with E-state index in [1.54, 1.807) is 12.1 Å². The molecular formula is C18H26N4O7. The van der Waals surface area contributed by atoms with Gasteiger partial charge in [0.15, 0.2) is 18.2 Å². The van der Waals surface area contributed by atoms with E-state index in [0.717, 1.165) is 13.1 Å². The topological polar surface area (TPSA) is 173 Å². The summed E-state index contributed by atoms with van der Waals surface area (Å²) >= 11 is 0. The molecule has 0 amide bonds. The first kappa shape index (κ1) is 23.9. The monoisotopic (exact) mass is 410 g/mol. The normalized spacial score (nSPS) is 16.0. The minimum atomic E-state index is -1.26. The fourth-order valence-corrected chi connectivity index (χ4v) is 2.49. The fourth-order valence-electron chi connectivity index (χ4n) is 2.49. The molecule has 0 saturated carbocycles. The van der Waals surface area contributed by atoms with E-state index in [1.807, 2.05) is 0 Å². The summed E-state index contributed by atoms with van der Waals surface area (Å²) in [6, 6.07) is 3.25. The number of β-amino-alcohol motifs (C(OH)–C–C–N with tert-alkyl or cyclic N) is 1. The number of carboxylic acids is 2. The van der Waals surface area contributed by atoms with Crippen LogP contribution in [0.5, 0.6) is 0 Å². The largest absolute Gasteiger partial charge is 0.619 e. The van der Waals surface area contributed by atoms with E-state index in [4.69, 9.17) is 20.8 Å². The van der Waals surface area contributed by atoms with Gasteiger partial charge in [0, 0.05) is 24.8 Å². The Balaban J connectivity index is 0.000000447. The standard InChI is InChI=1S/C14H22N4O3.C4H4O4/c15-14(12-5-4-8-18(20)9-12)16-21-11-13(19)10-17-6-2-1-3-7-17;5-3(6)1-2-4(7)8/h4-5,8-9,13,19H,1-3,6-7,10-11H2,(H2,15,16);1-2H,(H,5,6)(H,7,8)/b;2-1-/t13-;/m0./s1. The van der Waals surface area contributed by atoms with Gasteiger partial charge in [-0.05, 0) is 32.0 Å². The van der Waals surface area contributed by atoms with Crippen LogP contribution in [0.3, 0.4) is 0 Å². The van der Waals surface area contributed by atoms with Crippen molar-refractivity contribution in [2.24, 2.45) is 10.9 Å². The Bertz CT molecular complexity index is 702. The van der Waals surface area contributed by atoms with Crippen LogP contribution in [0.25, 0.3) is 0 Å². The third kappa shape index (κ3) is 11.3. The Hall–Kier alpha value is -3.18. The van der Waals surface area contributed by atoms with E-state index in [-0.39, 0.29) is 12.4 Å². The third-order valence-corrected chi connectivity index (χ3v) is 3.79. The Labute approximate surface area is 167 Å². The number of carboxylic acid groups (broad SMARTS) is 2. The number of pyridine rings is 1. The first-order valence-corrected chi connectivity index (χ1v) is 8.97. The molecule has 29 heavy (non-hydrogen) atoms. The summed E-state index contributed by atoms with van der Waals surface area (Å²) in [5.41, 5.74) is 6.20. The molecule has 1 aliphatic heterocycles. The molecule has 1 atom stereocenters. The predicted octanol–water partition coefficient (Wildman–Crippen LogP) is -0.484. The molecule has 0 aliphatic carbocycles. The average Bonchev–Trinajstić information content (AvgIpc) is 2.67. The molecule has 0 unspecified atom stereocenters. The van der Waals surface area contributed by atoms with E-state index in [0.29, 0.717) is 29.0 Å². The number of hydrogen-bond donors (Lipinski definition) is 4. The first-order chi connectivity index (χ1) is 13.8. The minimum absolute atomic E-state index is 0.0847. The molecule has 0 bridgehead atoms. The molecule has 0 aromatic carbocycles. The van der Waals surface area contributed by atoms with Crippen molar-refractivity contribution in [3.63, 3.8) is 0 Å². The van der Waals surface area contributed by atoms with Gasteiger partial charge in [-0.2, -0.15) is 4.73 Å². The molecule has 1 aliphatic rings. The lowest BCUT2D eigenvalue weighted by atomic mass is 10.1. The van der Waals surface area contributed by atoms with Crippen molar-refractivity contribution in [2.45, 2.75) is 25.4 Å². The number of oxime groups is 1. The lowest BCUT2D eigenvalue weighted by molar-refractivity contribution is -0.605. The van der Waals surface area contributed by atoms with Crippen molar-refractivity contribution in [1.29, 1.82) is 0 Å². The van der Waals surface area contributed by atoms with Gasteiger partial charge >= 0.3 is 11.9 Å². The zero-order valence-corrected chi connectivity index (χ0v) is 15.9. The third-order valence-electron chi connectivity index (χ3n) is 3.79. The predicted molar refractivity (Wildman–Crippen MR) is 103 cm³/mol. The lowest BCUT2D eigenvalue weighted by Crippen LogP contribution is -2.38. The summed E-state index contributed by atoms with van der Waals surface area (Å²) in [6.45, 7) is 2.72. The highest BCUT2D eigenvalue weighted by Gasteiger charge is 2.15. The molecule has 0 spiro atoms. The van der Waals surface area contributed by atoms with Crippen LogP contribution in [-0.4, -0.2) is 70.3 Å². The van der Waals surface area contributed by atoms with E-state index >= 15 is 0 Å². The average molecular weight is 410 g/mol. The van der Waals surface area contributed by atoms with Crippen molar-refractivity contribution < 1.29 is 34.5 Å². The van der Waals surface area contributed by atoms with Gasteiger partial charge < -0.3 is 36.0 Å². The van der Waals surface area contributed by atoms with Crippen molar-refractivity contribution in [2.75, 3.05) is 26.2 Å². The number of aromatic nitrogens is 1. The van der Waals surface area contributed by atoms with Gasteiger partial charge in [-0.15, -0.1) is 0 Å². The minimum Gasteiger partial charge on any atom is -0.619 e. The quantitative estimate of drug-likeness (QED) is 0.110. The highest BCUT2D eigenvalue weighted by Crippen LogP contribution is 2.09. The van der Waals surface area contributed by atoms with Crippen LogP contribution < -0.4 is 10.5 Å². The molecule has 11 nitrogen and oxygen atoms in total. The number of amidine groups is 1. The van der Waals surface area contributed by atoms with E-state index in [9.17, 15) is 19.9 Å². The number of likely N-dealkylation sites (tertiary alicyclic amines) is 1. The van der Waals surface area contributed by atoms with E-state index in [2.05, 4.69) is 10.1 Å². The number of hydrogen-bond acceptors (Lipinski definition) is 7. The summed E-state index contributed by atoms with van der Waals surface area (Å²) in [6.07, 6.45) is 6.82. The highest BCUT2D eigenvalue weighted by atomic mass is 16.6. The second kappa shape index (κ2) is 13.1. The molecule has 1 saturated heterocycles. The second-order valence-electron chi connectivity index (χ2n) is 6.25. The highest BCUT2D eigenvalue weighted by molar-refractivity contribution is 5.96. The van der Waals surface area contributed by atoms with Gasteiger partial charge in [0.2, 0.25) is 0 Å². The number of nitrogens with two attached hydrogens (primary N) is 1. The maximum Gasteiger partial charge on any atom is 0.328 e. The molecule has 1 aromatic rings. The van der Waals surface area contributed by atoms with Crippen LogP contribution in [0.2, 0.25) is 0 Å². The van der Waals surface area contributed by atoms with Crippen LogP contribution >= 0.6 is 0 Å². The Morgan fingerprint density at radius 3 is 2.45 bits per heavy atom. The number of aliphatic hydroxyl groups is 1. The van der Waals surface area contributed by atoms with Crippen LogP contribution in [0.4, 0.5) is 0 Å². The van der Waals surface area contributed by atoms with Crippen LogP contribution in [0, 0.1) is 5.21 Å². The molecule has 11 heteroatoms. The molecular weight excluding hydrogens is 384 g/mol. The van der Waals surface area contributed by atoms with E-state index in [1.165, 1.54) is 31.7 Å². The lowest BCUT2D eigenvalue weighted by Gasteiger charge is -2.27. The van der Waals surface area contributed by atoms with Crippen molar-refractivity contribution >= 4 is 17.8 Å². The smallest absolute Gasteiger partial charge is 0.328 e. The number of piperidine rings is 1. The summed E-state index contributed by atoms with van der Waals surface area (Å²) < 4.78 is 0.642. The fraction of sp³-hybridized carbons (Fsp3) is 0.444. The molecule has 160 valence electrons.